The van der Waals surface area contributed by atoms with Crippen molar-refractivity contribution >= 4 is 17.5 Å². The van der Waals surface area contributed by atoms with E-state index in [2.05, 4.69) is 41.0 Å². The van der Waals surface area contributed by atoms with Gasteiger partial charge in [-0.3, -0.25) is 9.69 Å². The van der Waals surface area contributed by atoms with Crippen molar-refractivity contribution in [3.63, 3.8) is 0 Å². The Morgan fingerprint density at radius 2 is 1.71 bits per heavy atom. The van der Waals surface area contributed by atoms with Crippen molar-refractivity contribution in [3.8, 4) is 0 Å². The fourth-order valence-corrected chi connectivity index (χ4v) is 7.20. The van der Waals surface area contributed by atoms with Crippen LogP contribution in [0.15, 0.2) is 42.5 Å². The van der Waals surface area contributed by atoms with Crippen LogP contribution in [0, 0.1) is 12.7 Å². The third-order valence-electron chi connectivity index (χ3n) is 9.39. The van der Waals surface area contributed by atoms with E-state index in [4.69, 9.17) is 11.6 Å². The first-order valence-electron chi connectivity index (χ1n) is 14.7. The molecule has 206 valence electrons. The number of likely N-dealkylation sites (tertiary alicyclic amines) is 1. The van der Waals surface area contributed by atoms with Gasteiger partial charge in [-0.25, -0.2) is 4.39 Å². The molecule has 38 heavy (non-hydrogen) atoms. The highest BCUT2D eigenvalue weighted by Gasteiger charge is 2.39. The maximum atomic E-state index is 14.4. The second-order valence-electron chi connectivity index (χ2n) is 11.9. The molecule has 2 heterocycles. The summed E-state index contributed by atoms with van der Waals surface area (Å²) >= 11 is 6.26. The number of piperidine rings is 1. The average Bonchev–Trinajstić information content (AvgIpc) is 2.95. The van der Waals surface area contributed by atoms with Gasteiger partial charge in [0.15, 0.2) is 0 Å². The highest BCUT2D eigenvalue weighted by Crippen LogP contribution is 2.38. The predicted octanol–water partition coefficient (Wildman–Crippen LogP) is 6.23. The third kappa shape index (κ3) is 6.43. The Kier molecular flexibility index (Phi) is 9.07. The van der Waals surface area contributed by atoms with Gasteiger partial charge in [0, 0.05) is 61.3 Å². The molecule has 3 fully saturated rings. The third-order valence-corrected chi connectivity index (χ3v) is 9.74. The molecule has 0 N–H and O–H groups in total. The molecule has 6 heteroatoms. The Balaban J connectivity index is 1.26. The standard InChI is InChI=1S/C32H43ClFN3O/c1-25-11-13-26(14-12-25)32(16-18-35-19-21-36(22-20-35)27-7-3-2-4-8-27)15-6-17-37(24-32)31(38)23-28-29(33)9-5-10-30(28)34/h5,9-14,27H,2-4,6-8,15-24H2,1H3/t32-/m1/s1. The molecule has 2 aliphatic heterocycles. The molecule has 3 aliphatic rings. The average molecular weight is 540 g/mol. The fourth-order valence-electron chi connectivity index (χ4n) is 6.97. The van der Waals surface area contributed by atoms with Crippen molar-refractivity contribution in [1.82, 2.24) is 14.7 Å². The molecule has 0 spiro atoms. The van der Waals surface area contributed by atoms with E-state index in [9.17, 15) is 9.18 Å². The molecule has 2 aromatic carbocycles. The number of carbonyl (C=O) groups excluding carboxylic acids is 1. The summed E-state index contributed by atoms with van der Waals surface area (Å²) in [6.07, 6.45) is 10.0. The number of hydrogen-bond acceptors (Lipinski definition) is 3. The molecular formula is C32H43ClFN3O. The summed E-state index contributed by atoms with van der Waals surface area (Å²) in [4.78, 5) is 20.8. The second kappa shape index (κ2) is 12.5. The molecule has 2 saturated heterocycles. The molecule has 0 radical (unpaired) electrons. The van der Waals surface area contributed by atoms with Gasteiger partial charge in [0.25, 0.3) is 0 Å². The summed E-state index contributed by atoms with van der Waals surface area (Å²) in [6, 6.07) is 14.3. The minimum absolute atomic E-state index is 0.0125. The lowest BCUT2D eigenvalue weighted by Gasteiger charge is -2.46. The van der Waals surface area contributed by atoms with Crippen LogP contribution in [0.5, 0.6) is 0 Å². The predicted molar refractivity (Wildman–Crippen MR) is 153 cm³/mol. The molecule has 0 aromatic heterocycles. The van der Waals surface area contributed by atoms with Crippen molar-refractivity contribution in [3.05, 3.63) is 70.0 Å². The zero-order valence-electron chi connectivity index (χ0n) is 22.9. The monoisotopic (exact) mass is 539 g/mol. The zero-order chi connectivity index (χ0) is 26.5. The van der Waals surface area contributed by atoms with Crippen LogP contribution in [-0.2, 0) is 16.6 Å². The number of hydrogen-bond donors (Lipinski definition) is 0. The van der Waals surface area contributed by atoms with Gasteiger partial charge in [-0.05, 0) is 63.3 Å². The summed E-state index contributed by atoms with van der Waals surface area (Å²) in [7, 11) is 0. The van der Waals surface area contributed by atoms with E-state index >= 15 is 0 Å². The van der Waals surface area contributed by atoms with E-state index in [0.717, 1.165) is 51.5 Å². The molecule has 0 bridgehead atoms. The van der Waals surface area contributed by atoms with Crippen molar-refractivity contribution in [2.75, 3.05) is 45.8 Å². The van der Waals surface area contributed by atoms with Gasteiger partial charge >= 0.3 is 0 Å². The van der Waals surface area contributed by atoms with Crippen LogP contribution < -0.4 is 0 Å². The number of carbonyl (C=O) groups is 1. The zero-order valence-corrected chi connectivity index (χ0v) is 23.7. The first kappa shape index (κ1) is 27.6. The van der Waals surface area contributed by atoms with Crippen LogP contribution in [0.3, 0.4) is 0 Å². The van der Waals surface area contributed by atoms with E-state index in [0.29, 0.717) is 17.1 Å². The SMILES string of the molecule is Cc1ccc([C@@]2(CCN3CCN(C4CCCCC4)CC3)CCCN(C(=O)Cc3c(F)cccc3Cl)C2)cc1. The maximum Gasteiger partial charge on any atom is 0.227 e. The first-order valence-corrected chi connectivity index (χ1v) is 15.1. The number of amides is 1. The molecule has 4 nitrogen and oxygen atoms in total. The van der Waals surface area contributed by atoms with E-state index < -0.39 is 5.82 Å². The van der Waals surface area contributed by atoms with Crippen LogP contribution in [0.25, 0.3) is 0 Å². The van der Waals surface area contributed by atoms with Gasteiger partial charge in [0.1, 0.15) is 5.82 Å². The van der Waals surface area contributed by atoms with Crippen molar-refractivity contribution in [2.24, 2.45) is 0 Å². The van der Waals surface area contributed by atoms with Crippen LogP contribution in [-0.4, -0.2) is 72.5 Å². The minimum Gasteiger partial charge on any atom is -0.342 e. The lowest BCUT2D eigenvalue weighted by molar-refractivity contribution is -0.133. The smallest absolute Gasteiger partial charge is 0.227 e. The van der Waals surface area contributed by atoms with E-state index in [1.54, 1.807) is 12.1 Å². The van der Waals surface area contributed by atoms with Gasteiger partial charge in [-0.1, -0.05) is 66.8 Å². The topological polar surface area (TPSA) is 26.8 Å². The largest absolute Gasteiger partial charge is 0.342 e. The Hall–Kier alpha value is -1.95. The molecule has 1 atom stereocenters. The van der Waals surface area contributed by atoms with E-state index in [1.807, 2.05) is 4.90 Å². The lowest BCUT2D eigenvalue weighted by Crippen LogP contribution is -2.53. The minimum atomic E-state index is -0.403. The van der Waals surface area contributed by atoms with Gasteiger partial charge in [-0.15, -0.1) is 0 Å². The number of halogens is 2. The lowest BCUT2D eigenvalue weighted by atomic mass is 9.71. The Bertz CT molecular complexity index is 1060. The van der Waals surface area contributed by atoms with Crippen molar-refractivity contribution in [2.45, 2.75) is 76.2 Å². The van der Waals surface area contributed by atoms with Crippen LogP contribution in [0.1, 0.15) is 68.1 Å². The molecule has 1 saturated carbocycles. The molecule has 2 aromatic rings. The normalized spacial score (nSPS) is 24.0. The highest BCUT2D eigenvalue weighted by atomic mass is 35.5. The second-order valence-corrected chi connectivity index (χ2v) is 12.3. The summed E-state index contributed by atoms with van der Waals surface area (Å²) in [5.41, 5.74) is 2.80. The summed E-state index contributed by atoms with van der Waals surface area (Å²) in [5, 5.41) is 0.326. The van der Waals surface area contributed by atoms with Crippen LogP contribution in [0.4, 0.5) is 4.39 Å². The van der Waals surface area contributed by atoms with Crippen molar-refractivity contribution < 1.29 is 9.18 Å². The van der Waals surface area contributed by atoms with Crippen molar-refractivity contribution in [1.29, 1.82) is 0 Å². The molecular weight excluding hydrogens is 497 g/mol. The number of piperazine rings is 1. The van der Waals surface area contributed by atoms with Gasteiger partial charge in [0.05, 0.1) is 6.42 Å². The molecule has 5 rings (SSSR count). The number of nitrogens with zero attached hydrogens (tertiary/aromatic N) is 3. The maximum absolute atomic E-state index is 14.4. The molecule has 1 amide bonds. The number of rotatable bonds is 7. The first-order chi connectivity index (χ1) is 18.4. The highest BCUT2D eigenvalue weighted by molar-refractivity contribution is 6.31. The summed E-state index contributed by atoms with van der Waals surface area (Å²) in [6.45, 7) is 9.20. The molecule has 0 unspecified atom stereocenters. The quantitative estimate of drug-likeness (QED) is 0.417. The Labute approximate surface area is 233 Å². The van der Waals surface area contributed by atoms with Crippen LogP contribution in [0.2, 0.25) is 5.02 Å². The van der Waals surface area contributed by atoms with Gasteiger partial charge in [0.2, 0.25) is 5.91 Å². The Morgan fingerprint density at radius 3 is 2.42 bits per heavy atom. The Morgan fingerprint density at radius 1 is 0.974 bits per heavy atom. The van der Waals surface area contributed by atoms with Gasteiger partial charge < -0.3 is 9.80 Å². The number of benzene rings is 2. The summed E-state index contributed by atoms with van der Waals surface area (Å²) in [5.74, 6) is -0.436. The van der Waals surface area contributed by atoms with E-state index in [-0.39, 0.29) is 17.7 Å². The summed E-state index contributed by atoms with van der Waals surface area (Å²) < 4.78 is 14.4. The molecule has 1 aliphatic carbocycles. The van der Waals surface area contributed by atoms with Gasteiger partial charge in [-0.2, -0.15) is 0 Å². The fraction of sp³-hybridized carbons (Fsp3) is 0.594. The van der Waals surface area contributed by atoms with E-state index in [1.165, 1.54) is 62.4 Å². The number of aryl methyl sites for hydroxylation is 1. The van der Waals surface area contributed by atoms with Crippen LogP contribution >= 0.6 is 11.6 Å².